The number of carbonyl (C=O) groups excluding carboxylic acids is 1. The molecule has 3 N–H and O–H groups in total. The summed E-state index contributed by atoms with van der Waals surface area (Å²) in [5.74, 6) is 0.831. The van der Waals surface area contributed by atoms with Crippen molar-refractivity contribution in [3.63, 3.8) is 0 Å². The Hall–Kier alpha value is -1.36. The summed E-state index contributed by atoms with van der Waals surface area (Å²) >= 11 is 7.29. The lowest BCUT2D eigenvalue weighted by atomic mass is 10.2. The molecule has 9 heteroatoms. The van der Waals surface area contributed by atoms with Crippen molar-refractivity contribution >= 4 is 64.5 Å². The summed E-state index contributed by atoms with van der Waals surface area (Å²) in [6, 6.07) is 11.5. The quantitative estimate of drug-likeness (QED) is 0.278. The van der Waals surface area contributed by atoms with Gasteiger partial charge in [0.2, 0.25) is 5.91 Å². The van der Waals surface area contributed by atoms with E-state index in [1.807, 2.05) is 42.2 Å². The molecule has 0 saturated carbocycles. The van der Waals surface area contributed by atoms with Gasteiger partial charge in [-0.3, -0.25) is 4.79 Å². The number of nitrogens with zero attached hydrogens (tertiary/aromatic N) is 2. The molecule has 0 bridgehead atoms. The fourth-order valence-corrected chi connectivity index (χ4v) is 4.06. The van der Waals surface area contributed by atoms with Crippen molar-refractivity contribution in [2.75, 3.05) is 24.5 Å². The topological polar surface area (TPSA) is 77.0 Å². The van der Waals surface area contributed by atoms with Gasteiger partial charge in [-0.15, -0.1) is 35.3 Å². The summed E-state index contributed by atoms with van der Waals surface area (Å²) in [5.41, 5.74) is 2.00. The number of aliphatic hydroxyl groups excluding tert-OH is 1. The van der Waals surface area contributed by atoms with E-state index in [1.54, 1.807) is 6.07 Å². The van der Waals surface area contributed by atoms with E-state index in [0.29, 0.717) is 29.8 Å². The number of aliphatic hydroxyl groups is 1. The highest BCUT2D eigenvalue weighted by atomic mass is 127. The number of hydrogen-bond acceptors (Lipinski definition) is 4. The van der Waals surface area contributed by atoms with E-state index < -0.39 is 6.10 Å². The first-order valence-electron chi connectivity index (χ1n) is 9.41. The van der Waals surface area contributed by atoms with Crippen LogP contribution in [0.2, 0.25) is 4.34 Å². The number of carbonyl (C=O) groups is 1. The predicted molar refractivity (Wildman–Crippen MR) is 131 cm³/mol. The molecule has 1 unspecified atom stereocenters. The molecule has 2 aromatic rings. The third-order valence-corrected chi connectivity index (χ3v) is 5.80. The van der Waals surface area contributed by atoms with E-state index in [-0.39, 0.29) is 29.9 Å². The second-order valence-corrected chi connectivity index (χ2v) is 8.30. The number of thiophene rings is 1. The molecule has 1 aromatic heterocycles. The van der Waals surface area contributed by atoms with E-state index in [2.05, 4.69) is 15.6 Å². The van der Waals surface area contributed by atoms with Gasteiger partial charge < -0.3 is 20.6 Å². The van der Waals surface area contributed by atoms with Crippen LogP contribution < -0.4 is 15.5 Å². The minimum Gasteiger partial charge on any atom is -0.386 e. The van der Waals surface area contributed by atoms with E-state index in [1.165, 1.54) is 11.3 Å². The van der Waals surface area contributed by atoms with Crippen LogP contribution in [0, 0.1) is 0 Å². The third kappa shape index (κ3) is 6.84. The Morgan fingerprint density at radius 2 is 2.03 bits per heavy atom. The number of guanidine groups is 1. The van der Waals surface area contributed by atoms with Crippen molar-refractivity contribution < 1.29 is 9.90 Å². The predicted octanol–water partition coefficient (Wildman–Crippen LogP) is 3.94. The molecule has 3 rings (SSSR count). The van der Waals surface area contributed by atoms with Gasteiger partial charge in [0.15, 0.2) is 5.96 Å². The number of anilines is 1. The summed E-state index contributed by atoms with van der Waals surface area (Å²) in [4.78, 5) is 19.1. The fraction of sp³-hybridized carbons (Fsp3) is 0.400. The maximum atomic E-state index is 11.8. The number of hydrogen-bond donors (Lipinski definition) is 3. The van der Waals surface area contributed by atoms with Crippen molar-refractivity contribution in [1.82, 2.24) is 10.6 Å². The first kappa shape index (κ1) is 23.9. The van der Waals surface area contributed by atoms with Crippen LogP contribution in [-0.2, 0) is 11.3 Å². The van der Waals surface area contributed by atoms with Crippen molar-refractivity contribution in [1.29, 1.82) is 0 Å². The second-order valence-electron chi connectivity index (χ2n) is 6.55. The van der Waals surface area contributed by atoms with Crippen molar-refractivity contribution in [2.45, 2.75) is 32.4 Å². The van der Waals surface area contributed by atoms with Crippen LogP contribution in [0.25, 0.3) is 0 Å². The summed E-state index contributed by atoms with van der Waals surface area (Å²) < 4.78 is 0.661. The van der Waals surface area contributed by atoms with Gasteiger partial charge >= 0.3 is 0 Å². The van der Waals surface area contributed by atoms with E-state index >= 15 is 0 Å². The minimum absolute atomic E-state index is 0. The molecule has 1 aliphatic rings. The molecule has 6 nitrogen and oxygen atoms in total. The second kappa shape index (κ2) is 11.7. The maximum absolute atomic E-state index is 11.8. The highest BCUT2D eigenvalue weighted by Gasteiger charge is 2.21. The Balaban J connectivity index is 0.00000300. The lowest BCUT2D eigenvalue weighted by Gasteiger charge is -2.16. The molecule has 1 fully saturated rings. The average Bonchev–Trinajstić information content (AvgIpc) is 3.32. The minimum atomic E-state index is -0.640. The zero-order valence-corrected chi connectivity index (χ0v) is 20.1. The lowest BCUT2D eigenvalue weighted by molar-refractivity contribution is -0.117. The van der Waals surface area contributed by atoms with Gasteiger partial charge in [0.05, 0.1) is 10.9 Å². The highest BCUT2D eigenvalue weighted by molar-refractivity contribution is 14.0. The first-order valence-corrected chi connectivity index (χ1v) is 10.6. The van der Waals surface area contributed by atoms with Crippen LogP contribution in [0.3, 0.4) is 0 Å². The van der Waals surface area contributed by atoms with Crippen molar-refractivity contribution in [3.8, 4) is 0 Å². The van der Waals surface area contributed by atoms with Gasteiger partial charge in [-0.1, -0.05) is 23.7 Å². The SMILES string of the molecule is CCNC(=NCc1ccc(N2CCCC2=O)cc1)NCC(O)c1ccc(Cl)s1.I. The molecule has 1 aliphatic heterocycles. The summed E-state index contributed by atoms with van der Waals surface area (Å²) in [6.45, 7) is 4.36. The summed E-state index contributed by atoms with van der Waals surface area (Å²) in [6.07, 6.45) is 0.915. The molecule has 0 radical (unpaired) electrons. The zero-order valence-electron chi connectivity index (χ0n) is 16.2. The van der Waals surface area contributed by atoms with Gasteiger partial charge in [0.25, 0.3) is 0 Å². The summed E-state index contributed by atoms with van der Waals surface area (Å²) in [7, 11) is 0. The normalized spacial score (nSPS) is 15.2. The smallest absolute Gasteiger partial charge is 0.227 e. The van der Waals surface area contributed by atoms with Gasteiger partial charge in [-0.05, 0) is 43.2 Å². The van der Waals surface area contributed by atoms with Gasteiger partial charge in [-0.25, -0.2) is 4.99 Å². The molecular weight excluding hydrogens is 523 g/mol. The molecule has 29 heavy (non-hydrogen) atoms. The number of aliphatic imine (C=N–C) groups is 1. The van der Waals surface area contributed by atoms with Crippen LogP contribution in [0.1, 0.15) is 36.3 Å². The molecule has 0 aliphatic carbocycles. The Kier molecular flexibility index (Phi) is 9.67. The van der Waals surface area contributed by atoms with Crippen LogP contribution in [0.15, 0.2) is 41.4 Å². The number of benzene rings is 1. The number of rotatable bonds is 7. The highest BCUT2D eigenvalue weighted by Crippen LogP contribution is 2.26. The van der Waals surface area contributed by atoms with E-state index in [0.717, 1.165) is 35.6 Å². The standard InChI is InChI=1S/C20H25ClN4O2S.HI/c1-2-22-20(24-13-16(26)17-9-10-18(21)28-17)23-12-14-5-7-15(8-6-14)25-11-3-4-19(25)27;/h5-10,16,26H,2-4,11-13H2,1H3,(H2,22,23,24);1H. The van der Waals surface area contributed by atoms with Gasteiger partial charge in [-0.2, -0.15) is 0 Å². The monoisotopic (exact) mass is 548 g/mol. The molecular formula is C20H26ClIN4O2S. The third-order valence-electron chi connectivity index (χ3n) is 4.47. The van der Waals surface area contributed by atoms with Crippen LogP contribution in [-0.4, -0.2) is 36.6 Å². The average molecular weight is 549 g/mol. The number of halogens is 2. The van der Waals surface area contributed by atoms with Crippen LogP contribution >= 0.6 is 46.9 Å². The van der Waals surface area contributed by atoms with Crippen LogP contribution in [0.5, 0.6) is 0 Å². The maximum Gasteiger partial charge on any atom is 0.227 e. The Labute approximate surface area is 197 Å². The molecule has 1 amide bonds. The lowest BCUT2D eigenvalue weighted by Crippen LogP contribution is -2.39. The number of nitrogens with one attached hydrogen (secondary N) is 2. The van der Waals surface area contributed by atoms with Crippen LogP contribution in [0.4, 0.5) is 5.69 Å². The largest absolute Gasteiger partial charge is 0.386 e. The molecule has 2 heterocycles. The molecule has 158 valence electrons. The molecule has 1 saturated heterocycles. The molecule has 0 spiro atoms. The fourth-order valence-electron chi connectivity index (χ4n) is 3.02. The number of amides is 1. The Morgan fingerprint density at radius 1 is 1.28 bits per heavy atom. The first-order chi connectivity index (χ1) is 13.6. The summed E-state index contributed by atoms with van der Waals surface area (Å²) in [5, 5.41) is 16.6. The Bertz CT molecular complexity index is 828. The van der Waals surface area contributed by atoms with Gasteiger partial charge in [0, 0.05) is 36.6 Å². The van der Waals surface area contributed by atoms with Crippen molar-refractivity contribution in [3.05, 3.63) is 51.2 Å². The van der Waals surface area contributed by atoms with Crippen molar-refractivity contribution in [2.24, 2.45) is 4.99 Å². The van der Waals surface area contributed by atoms with E-state index in [9.17, 15) is 9.90 Å². The Morgan fingerprint density at radius 3 is 2.62 bits per heavy atom. The zero-order chi connectivity index (χ0) is 19.9. The van der Waals surface area contributed by atoms with Gasteiger partial charge in [0.1, 0.15) is 6.10 Å². The molecule has 1 aromatic carbocycles. The molecule has 1 atom stereocenters. The van der Waals surface area contributed by atoms with E-state index in [4.69, 9.17) is 11.6 Å².